The van der Waals surface area contributed by atoms with E-state index < -0.39 is 11.9 Å². The number of carboxylic acid groups (broad SMARTS) is 2. The van der Waals surface area contributed by atoms with Crippen molar-refractivity contribution in [2.75, 3.05) is 19.3 Å². The second-order valence-electron chi connectivity index (χ2n) is 9.15. The topological polar surface area (TPSA) is 108 Å². The van der Waals surface area contributed by atoms with Gasteiger partial charge in [-0.15, -0.1) is 23.1 Å². The Labute approximate surface area is 232 Å². The zero-order valence-electron chi connectivity index (χ0n) is 22.1. The van der Waals surface area contributed by atoms with Gasteiger partial charge < -0.3 is 15.1 Å². The molecule has 2 heterocycles. The van der Waals surface area contributed by atoms with E-state index in [1.807, 2.05) is 29.6 Å². The van der Waals surface area contributed by atoms with Crippen LogP contribution in [0, 0.1) is 0 Å². The number of nitrogens with zero attached hydrogens (tertiary/aromatic N) is 2. The van der Waals surface area contributed by atoms with Gasteiger partial charge in [-0.05, 0) is 67.2 Å². The molecule has 204 valence electrons. The van der Waals surface area contributed by atoms with Crippen molar-refractivity contribution >= 4 is 40.8 Å². The van der Waals surface area contributed by atoms with Gasteiger partial charge >= 0.3 is 11.9 Å². The smallest absolute Gasteiger partial charge is 0.414 e. The Hall–Kier alpha value is -3.01. The van der Waals surface area contributed by atoms with E-state index in [-0.39, 0.29) is 5.78 Å². The molecule has 7 nitrogen and oxygen atoms in total. The normalized spacial score (nSPS) is 10.8. The SMILES string of the molecule is CC(C)c1ccc(C(=O)c2cccs2)c(SCCCCCCN(C)Cc2ccccc2)n1.O=C(O)C(=O)O. The second kappa shape index (κ2) is 16.8. The number of unbranched alkanes of at least 4 members (excludes halogenated alkanes) is 3. The number of aliphatic carboxylic acids is 2. The molecule has 38 heavy (non-hydrogen) atoms. The lowest BCUT2D eigenvalue weighted by molar-refractivity contribution is -0.159. The largest absolute Gasteiger partial charge is 0.473 e. The molecule has 0 aliphatic carbocycles. The van der Waals surface area contributed by atoms with Gasteiger partial charge in [0.25, 0.3) is 0 Å². The molecule has 0 saturated heterocycles. The molecule has 1 aromatic carbocycles. The lowest BCUT2D eigenvalue weighted by atomic mass is 10.1. The predicted octanol–water partition coefficient (Wildman–Crippen LogP) is 6.44. The fraction of sp³-hybridized carbons (Fsp3) is 0.379. The molecule has 0 aliphatic rings. The summed E-state index contributed by atoms with van der Waals surface area (Å²) in [7, 11) is 2.20. The molecule has 0 fully saturated rings. The van der Waals surface area contributed by atoms with Gasteiger partial charge in [-0.2, -0.15) is 0 Å². The van der Waals surface area contributed by atoms with Crippen molar-refractivity contribution in [3.8, 4) is 0 Å². The number of ketones is 1. The number of carbonyl (C=O) groups excluding carboxylic acids is 1. The van der Waals surface area contributed by atoms with Gasteiger partial charge in [0.1, 0.15) is 5.03 Å². The van der Waals surface area contributed by atoms with Crippen LogP contribution in [0.1, 0.15) is 71.9 Å². The highest BCUT2D eigenvalue weighted by Gasteiger charge is 2.17. The number of carboxylic acids is 2. The van der Waals surface area contributed by atoms with Crippen LogP contribution in [-0.2, 0) is 16.1 Å². The number of hydrogen-bond acceptors (Lipinski definition) is 7. The minimum absolute atomic E-state index is 0.0896. The summed E-state index contributed by atoms with van der Waals surface area (Å²) in [5, 5.41) is 17.6. The van der Waals surface area contributed by atoms with E-state index in [4.69, 9.17) is 24.8 Å². The van der Waals surface area contributed by atoms with Crippen molar-refractivity contribution in [3.05, 3.63) is 81.7 Å². The third-order valence-corrected chi connectivity index (χ3v) is 7.56. The highest BCUT2D eigenvalue weighted by molar-refractivity contribution is 7.99. The number of thioether (sulfide) groups is 1. The van der Waals surface area contributed by atoms with Crippen LogP contribution in [0.3, 0.4) is 0 Å². The van der Waals surface area contributed by atoms with E-state index >= 15 is 0 Å². The molecule has 3 aromatic rings. The van der Waals surface area contributed by atoms with Crippen LogP contribution < -0.4 is 0 Å². The summed E-state index contributed by atoms with van der Waals surface area (Å²) >= 11 is 3.23. The third kappa shape index (κ3) is 11.2. The van der Waals surface area contributed by atoms with E-state index in [1.54, 1.807) is 11.8 Å². The van der Waals surface area contributed by atoms with Gasteiger partial charge in [0.05, 0.1) is 10.4 Å². The molecule has 3 rings (SSSR count). The number of aromatic nitrogens is 1. The van der Waals surface area contributed by atoms with Crippen LogP contribution in [-0.4, -0.2) is 57.2 Å². The summed E-state index contributed by atoms with van der Waals surface area (Å²) in [4.78, 5) is 39.1. The van der Waals surface area contributed by atoms with Crippen LogP contribution in [0.2, 0.25) is 0 Å². The molecule has 2 aromatic heterocycles. The Bertz CT molecular complexity index is 1140. The van der Waals surface area contributed by atoms with E-state index in [1.165, 1.54) is 36.2 Å². The molecule has 0 bridgehead atoms. The van der Waals surface area contributed by atoms with Crippen molar-refractivity contribution in [2.24, 2.45) is 0 Å². The molecule has 9 heteroatoms. The standard InChI is InChI=1S/C27H34N2OS2.C2H2O4/c1-21(2)24-16-15-23(26(30)25-14-11-19-31-25)27(28-24)32-18-10-5-4-9-17-29(3)20-22-12-7-6-8-13-22;3-1(4)2(5)6/h6-8,11-16,19,21H,4-5,9-10,17-18,20H2,1-3H3;(H,3,4)(H,5,6). The Balaban J connectivity index is 0.000000757. The third-order valence-electron chi connectivity index (χ3n) is 5.61. The Morgan fingerprint density at radius 1 is 0.921 bits per heavy atom. The van der Waals surface area contributed by atoms with Crippen molar-refractivity contribution in [1.29, 1.82) is 0 Å². The number of benzene rings is 1. The molecule has 0 unspecified atom stereocenters. The fourth-order valence-electron chi connectivity index (χ4n) is 3.58. The van der Waals surface area contributed by atoms with Crippen molar-refractivity contribution in [2.45, 2.75) is 57.0 Å². The first kappa shape index (κ1) is 31.2. The van der Waals surface area contributed by atoms with Gasteiger partial charge in [-0.1, -0.05) is 63.1 Å². The summed E-state index contributed by atoms with van der Waals surface area (Å²) < 4.78 is 0. The summed E-state index contributed by atoms with van der Waals surface area (Å²) in [6.07, 6.45) is 4.81. The predicted molar refractivity (Wildman–Crippen MR) is 153 cm³/mol. The number of pyridine rings is 1. The highest BCUT2D eigenvalue weighted by atomic mass is 32.2. The van der Waals surface area contributed by atoms with Gasteiger partial charge in [0, 0.05) is 12.2 Å². The number of carbonyl (C=O) groups is 3. The van der Waals surface area contributed by atoms with E-state index in [2.05, 4.69) is 56.1 Å². The van der Waals surface area contributed by atoms with Gasteiger partial charge in [-0.3, -0.25) is 4.79 Å². The van der Waals surface area contributed by atoms with Crippen LogP contribution in [0.15, 0.2) is 65.0 Å². The maximum absolute atomic E-state index is 12.9. The highest BCUT2D eigenvalue weighted by Crippen LogP contribution is 2.28. The van der Waals surface area contributed by atoms with Crippen LogP contribution >= 0.6 is 23.1 Å². The molecule has 0 radical (unpaired) electrons. The van der Waals surface area contributed by atoms with Crippen LogP contribution in [0.5, 0.6) is 0 Å². The Morgan fingerprint density at radius 3 is 2.21 bits per heavy atom. The molecule has 0 atom stereocenters. The zero-order valence-corrected chi connectivity index (χ0v) is 23.8. The summed E-state index contributed by atoms with van der Waals surface area (Å²) in [6.45, 7) is 6.42. The van der Waals surface area contributed by atoms with Crippen LogP contribution in [0.4, 0.5) is 0 Å². The molecule has 0 saturated carbocycles. The lowest BCUT2D eigenvalue weighted by Crippen LogP contribution is -2.18. The van der Waals surface area contributed by atoms with Crippen molar-refractivity contribution in [1.82, 2.24) is 9.88 Å². The number of thiophene rings is 1. The maximum atomic E-state index is 12.9. The average molecular weight is 557 g/mol. The maximum Gasteiger partial charge on any atom is 0.414 e. The molecule has 0 spiro atoms. The lowest BCUT2D eigenvalue weighted by Gasteiger charge is -2.16. The summed E-state index contributed by atoms with van der Waals surface area (Å²) in [5.74, 6) is -2.20. The number of hydrogen-bond donors (Lipinski definition) is 2. The van der Waals surface area contributed by atoms with Crippen molar-refractivity contribution < 1.29 is 24.6 Å². The van der Waals surface area contributed by atoms with Crippen LogP contribution in [0.25, 0.3) is 0 Å². The van der Waals surface area contributed by atoms with E-state index in [0.717, 1.165) is 46.4 Å². The molecule has 0 aliphatic heterocycles. The average Bonchev–Trinajstić information content (AvgIpc) is 3.43. The van der Waals surface area contributed by atoms with Gasteiger partial charge in [-0.25, -0.2) is 14.6 Å². The molecular weight excluding hydrogens is 520 g/mol. The van der Waals surface area contributed by atoms with Gasteiger partial charge in [0.2, 0.25) is 5.78 Å². The van der Waals surface area contributed by atoms with Crippen molar-refractivity contribution in [3.63, 3.8) is 0 Å². The fourth-order valence-corrected chi connectivity index (χ4v) is 5.29. The number of rotatable bonds is 13. The first-order valence-corrected chi connectivity index (χ1v) is 14.5. The van der Waals surface area contributed by atoms with Gasteiger partial charge in [0.15, 0.2) is 0 Å². The molecule has 0 amide bonds. The van der Waals surface area contributed by atoms with E-state index in [0.29, 0.717) is 5.92 Å². The zero-order chi connectivity index (χ0) is 27.9. The minimum Gasteiger partial charge on any atom is -0.473 e. The summed E-state index contributed by atoms with van der Waals surface area (Å²) in [6, 6.07) is 18.4. The quantitative estimate of drug-likeness (QED) is 0.107. The Kier molecular flexibility index (Phi) is 13.8. The molecule has 2 N–H and O–H groups in total. The summed E-state index contributed by atoms with van der Waals surface area (Å²) in [5.41, 5.74) is 3.16. The Morgan fingerprint density at radius 2 is 1.61 bits per heavy atom. The first-order valence-electron chi connectivity index (χ1n) is 12.6. The first-order chi connectivity index (χ1) is 18.2. The monoisotopic (exact) mass is 556 g/mol. The van der Waals surface area contributed by atoms with E-state index in [9.17, 15) is 4.79 Å². The molecular formula is C29H36N2O5S2. The minimum atomic E-state index is -1.82. The second-order valence-corrected chi connectivity index (χ2v) is 11.2.